The maximum atomic E-state index is 13.1. The number of para-hydroxylation sites is 1. The quantitative estimate of drug-likeness (QED) is 0.631. The molecule has 1 aromatic heterocycles. The molecule has 8 heteroatoms. The molecule has 0 bridgehead atoms. The third-order valence-electron chi connectivity index (χ3n) is 3.91. The fourth-order valence-corrected chi connectivity index (χ4v) is 3.36. The standard InChI is InChI=1S/C19H16F3N3OS/c1-25-11-14(17(24-25)19(20,21)22)18(26)23-15-9-5-3-7-12(15)13-8-4-6-10-16(13)27-2/h3-11H,1-2H3,(H,23,26). The number of halogens is 3. The number of benzene rings is 2. The minimum atomic E-state index is -4.71. The predicted molar refractivity (Wildman–Crippen MR) is 99.8 cm³/mol. The number of anilines is 1. The average molecular weight is 391 g/mol. The zero-order valence-corrected chi connectivity index (χ0v) is 15.4. The van der Waals surface area contributed by atoms with Gasteiger partial charge in [0.15, 0.2) is 5.69 Å². The monoisotopic (exact) mass is 391 g/mol. The van der Waals surface area contributed by atoms with Crippen LogP contribution in [0.5, 0.6) is 0 Å². The fraction of sp³-hybridized carbons (Fsp3) is 0.158. The topological polar surface area (TPSA) is 46.9 Å². The van der Waals surface area contributed by atoms with Crippen molar-refractivity contribution in [3.8, 4) is 11.1 Å². The molecule has 0 fully saturated rings. The van der Waals surface area contributed by atoms with E-state index in [4.69, 9.17) is 0 Å². The van der Waals surface area contributed by atoms with Gasteiger partial charge in [-0.05, 0) is 24.0 Å². The minimum Gasteiger partial charge on any atom is -0.321 e. The summed E-state index contributed by atoms with van der Waals surface area (Å²) in [6.45, 7) is 0. The van der Waals surface area contributed by atoms with Crippen LogP contribution in [0.3, 0.4) is 0 Å². The molecule has 1 amide bonds. The smallest absolute Gasteiger partial charge is 0.321 e. The zero-order valence-electron chi connectivity index (χ0n) is 14.5. The first-order valence-electron chi connectivity index (χ1n) is 7.96. The molecule has 0 atom stereocenters. The molecule has 1 heterocycles. The van der Waals surface area contributed by atoms with E-state index in [1.807, 2.05) is 42.7 Å². The highest BCUT2D eigenvalue weighted by Crippen LogP contribution is 2.35. The van der Waals surface area contributed by atoms with Crippen LogP contribution in [0.4, 0.5) is 18.9 Å². The van der Waals surface area contributed by atoms with Crippen molar-refractivity contribution in [2.24, 2.45) is 7.05 Å². The Bertz CT molecular complexity index is 982. The SMILES string of the molecule is CSc1ccccc1-c1ccccc1NC(=O)c1cn(C)nc1C(F)(F)F. The molecule has 0 aliphatic rings. The molecular formula is C19H16F3N3OS. The van der Waals surface area contributed by atoms with Gasteiger partial charge in [-0.2, -0.15) is 18.3 Å². The third-order valence-corrected chi connectivity index (χ3v) is 4.71. The van der Waals surface area contributed by atoms with Crippen molar-refractivity contribution in [3.63, 3.8) is 0 Å². The molecular weight excluding hydrogens is 375 g/mol. The second kappa shape index (κ2) is 7.48. The number of rotatable bonds is 4. The molecule has 0 spiro atoms. The van der Waals surface area contributed by atoms with E-state index in [0.29, 0.717) is 5.69 Å². The van der Waals surface area contributed by atoms with E-state index in [1.54, 1.807) is 23.9 Å². The van der Waals surface area contributed by atoms with Gasteiger partial charge in [0.25, 0.3) is 5.91 Å². The molecule has 1 N–H and O–H groups in total. The molecule has 0 aliphatic heterocycles. The van der Waals surface area contributed by atoms with Crippen LogP contribution in [0.25, 0.3) is 11.1 Å². The van der Waals surface area contributed by atoms with E-state index in [9.17, 15) is 18.0 Å². The third kappa shape index (κ3) is 4.00. The largest absolute Gasteiger partial charge is 0.435 e. The highest BCUT2D eigenvalue weighted by Gasteiger charge is 2.39. The molecule has 0 saturated heterocycles. The summed E-state index contributed by atoms with van der Waals surface area (Å²) >= 11 is 1.55. The summed E-state index contributed by atoms with van der Waals surface area (Å²) < 4.78 is 40.4. The van der Waals surface area contributed by atoms with Gasteiger partial charge >= 0.3 is 6.18 Å². The number of aromatic nitrogens is 2. The van der Waals surface area contributed by atoms with E-state index in [0.717, 1.165) is 26.9 Å². The van der Waals surface area contributed by atoms with Crippen molar-refractivity contribution in [1.82, 2.24) is 9.78 Å². The lowest BCUT2D eigenvalue weighted by molar-refractivity contribution is -0.141. The number of nitrogens with one attached hydrogen (secondary N) is 1. The van der Waals surface area contributed by atoms with Gasteiger partial charge < -0.3 is 5.32 Å². The van der Waals surface area contributed by atoms with Gasteiger partial charge in [0, 0.05) is 29.4 Å². The lowest BCUT2D eigenvalue weighted by Gasteiger charge is -2.14. The molecule has 27 heavy (non-hydrogen) atoms. The van der Waals surface area contributed by atoms with Gasteiger partial charge in [0.1, 0.15) is 0 Å². The van der Waals surface area contributed by atoms with Crippen LogP contribution in [-0.4, -0.2) is 21.9 Å². The van der Waals surface area contributed by atoms with Crippen molar-refractivity contribution >= 4 is 23.4 Å². The summed E-state index contributed by atoms with van der Waals surface area (Å²) in [5.74, 6) is -0.857. The number of aryl methyl sites for hydroxylation is 1. The van der Waals surface area contributed by atoms with Gasteiger partial charge in [-0.15, -0.1) is 11.8 Å². The molecule has 0 saturated carbocycles. The molecule has 3 rings (SSSR count). The molecule has 3 aromatic rings. The molecule has 4 nitrogen and oxygen atoms in total. The van der Waals surface area contributed by atoms with E-state index < -0.39 is 23.3 Å². The number of thioether (sulfide) groups is 1. The molecule has 0 unspecified atom stereocenters. The predicted octanol–water partition coefficient (Wildman–Crippen LogP) is 5.08. The van der Waals surface area contributed by atoms with Gasteiger partial charge in [-0.25, -0.2) is 0 Å². The van der Waals surface area contributed by atoms with Crippen molar-refractivity contribution in [2.75, 3.05) is 11.6 Å². The van der Waals surface area contributed by atoms with Gasteiger partial charge in [0.2, 0.25) is 0 Å². The number of carbonyl (C=O) groups excluding carboxylic acids is 1. The Morgan fingerprint density at radius 3 is 2.37 bits per heavy atom. The van der Waals surface area contributed by atoms with Crippen LogP contribution in [0.1, 0.15) is 16.1 Å². The van der Waals surface area contributed by atoms with Crippen molar-refractivity contribution in [3.05, 3.63) is 66.0 Å². The first-order valence-corrected chi connectivity index (χ1v) is 9.18. The van der Waals surface area contributed by atoms with Gasteiger partial charge in [-0.3, -0.25) is 9.48 Å². The molecule has 140 valence electrons. The van der Waals surface area contributed by atoms with Crippen molar-refractivity contribution < 1.29 is 18.0 Å². The first kappa shape index (κ1) is 19.0. The molecule has 0 aliphatic carbocycles. The van der Waals surface area contributed by atoms with E-state index in [2.05, 4.69) is 10.4 Å². The lowest BCUT2D eigenvalue weighted by atomic mass is 10.0. The lowest BCUT2D eigenvalue weighted by Crippen LogP contribution is -2.18. The normalized spacial score (nSPS) is 11.4. The Labute approximate surface area is 158 Å². The number of carbonyl (C=O) groups is 1. The van der Waals surface area contributed by atoms with Crippen LogP contribution >= 0.6 is 11.8 Å². The van der Waals surface area contributed by atoms with Crippen LogP contribution < -0.4 is 5.32 Å². The van der Waals surface area contributed by atoms with Crippen LogP contribution in [0, 0.1) is 0 Å². The van der Waals surface area contributed by atoms with Crippen LogP contribution in [0.15, 0.2) is 59.6 Å². The number of amides is 1. The summed E-state index contributed by atoms with van der Waals surface area (Å²) in [6.07, 6.45) is -1.71. The Kier molecular flexibility index (Phi) is 5.27. The summed E-state index contributed by atoms with van der Waals surface area (Å²) in [5, 5.41) is 5.98. The van der Waals surface area contributed by atoms with E-state index in [1.165, 1.54) is 7.05 Å². The number of hydrogen-bond acceptors (Lipinski definition) is 3. The summed E-state index contributed by atoms with van der Waals surface area (Å²) in [6, 6.07) is 14.6. The first-order chi connectivity index (χ1) is 12.8. The second-order valence-electron chi connectivity index (χ2n) is 5.76. The Morgan fingerprint density at radius 1 is 1.07 bits per heavy atom. The van der Waals surface area contributed by atoms with E-state index >= 15 is 0 Å². The Morgan fingerprint density at radius 2 is 1.70 bits per heavy atom. The average Bonchev–Trinajstić information content (AvgIpc) is 3.04. The van der Waals surface area contributed by atoms with Crippen molar-refractivity contribution in [1.29, 1.82) is 0 Å². The molecule has 0 radical (unpaired) electrons. The van der Waals surface area contributed by atoms with Crippen LogP contribution in [-0.2, 0) is 13.2 Å². The zero-order chi connectivity index (χ0) is 19.6. The maximum Gasteiger partial charge on any atom is 0.435 e. The highest BCUT2D eigenvalue weighted by molar-refractivity contribution is 7.98. The number of hydrogen-bond donors (Lipinski definition) is 1. The van der Waals surface area contributed by atoms with E-state index in [-0.39, 0.29) is 0 Å². The number of nitrogens with zero attached hydrogens (tertiary/aromatic N) is 2. The highest BCUT2D eigenvalue weighted by atomic mass is 32.2. The Balaban J connectivity index is 2.00. The summed E-state index contributed by atoms with van der Waals surface area (Å²) in [5.41, 5.74) is 0.333. The minimum absolute atomic E-state index is 0.431. The fourth-order valence-electron chi connectivity index (χ4n) is 2.75. The van der Waals surface area contributed by atoms with Crippen LogP contribution in [0.2, 0.25) is 0 Å². The number of alkyl halides is 3. The van der Waals surface area contributed by atoms with Crippen molar-refractivity contribution in [2.45, 2.75) is 11.1 Å². The summed E-state index contributed by atoms with van der Waals surface area (Å²) in [7, 11) is 1.34. The maximum absolute atomic E-state index is 13.1. The Hall–Kier alpha value is -2.74. The van der Waals surface area contributed by atoms with Gasteiger partial charge in [0.05, 0.1) is 5.56 Å². The molecule has 2 aromatic carbocycles. The summed E-state index contributed by atoms with van der Waals surface area (Å²) in [4.78, 5) is 13.6. The van der Waals surface area contributed by atoms with Gasteiger partial charge in [-0.1, -0.05) is 36.4 Å². The second-order valence-corrected chi connectivity index (χ2v) is 6.61.